The topological polar surface area (TPSA) is 81.0 Å². The van der Waals surface area contributed by atoms with Crippen molar-refractivity contribution in [1.82, 2.24) is 10.2 Å². The smallest absolute Gasteiger partial charge is 0.272 e. The summed E-state index contributed by atoms with van der Waals surface area (Å²) in [6.07, 6.45) is 0. The van der Waals surface area contributed by atoms with Crippen LogP contribution in [0.3, 0.4) is 0 Å². The molecular formula is C17H18ClN3O2. The van der Waals surface area contributed by atoms with Crippen molar-refractivity contribution in [1.29, 1.82) is 0 Å². The van der Waals surface area contributed by atoms with E-state index in [9.17, 15) is 4.79 Å². The molecule has 3 N–H and O–H groups in total. The zero-order valence-electron chi connectivity index (χ0n) is 13.2. The third-order valence-electron chi connectivity index (χ3n) is 3.11. The van der Waals surface area contributed by atoms with Gasteiger partial charge < -0.3 is 10.5 Å². The molecule has 2 aromatic carbocycles. The van der Waals surface area contributed by atoms with E-state index in [1.807, 2.05) is 26.8 Å². The minimum absolute atomic E-state index is 0.266. The molecule has 0 radical (unpaired) electrons. The summed E-state index contributed by atoms with van der Waals surface area (Å²) in [5.74, 6) is 0.760. The highest BCUT2D eigenvalue weighted by atomic mass is 35.5. The summed E-state index contributed by atoms with van der Waals surface area (Å²) in [4.78, 5) is 11.7. The number of nitrogens with two attached hydrogens (primary N) is 1. The quantitative estimate of drug-likeness (QED) is 0.686. The lowest BCUT2D eigenvalue weighted by molar-refractivity contribution is 0.458. The van der Waals surface area contributed by atoms with Crippen LogP contribution in [-0.4, -0.2) is 10.2 Å². The summed E-state index contributed by atoms with van der Waals surface area (Å²) in [6.45, 7) is 5.84. The van der Waals surface area contributed by atoms with Crippen LogP contribution in [0.4, 0.5) is 5.69 Å². The monoisotopic (exact) mass is 331 g/mol. The Kier molecular flexibility index (Phi) is 5.24. The van der Waals surface area contributed by atoms with E-state index < -0.39 is 0 Å². The molecular weight excluding hydrogens is 314 g/mol. The molecule has 3 rings (SSSR count). The van der Waals surface area contributed by atoms with Crippen molar-refractivity contribution in [3.63, 3.8) is 0 Å². The number of rotatable bonds is 2. The van der Waals surface area contributed by atoms with Crippen LogP contribution in [0.25, 0.3) is 10.8 Å². The Labute approximate surface area is 139 Å². The molecule has 0 saturated carbocycles. The van der Waals surface area contributed by atoms with E-state index in [4.69, 9.17) is 22.1 Å². The molecule has 0 bridgehead atoms. The maximum atomic E-state index is 11.7. The number of nitrogen functional groups attached to an aromatic ring is 1. The fourth-order valence-corrected chi connectivity index (χ4v) is 2.46. The zero-order chi connectivity index (χ0) is 17.0. The van der Waals surface area contributed by atoms with Gasteiger partial charge in [0.2, 0.25) is 5.88 Å². The number of H-pyrrole nitrogens is 1. The van der Waals surface area contributed by atoms with Gasteiger partial charge in [-0.15, -0.1) is 5.10 Å². The van der Waals surface area contributed by atoms with E-state index in [0.717, 1.165) is 5.56 Å². The number of aromatic nitrogens is 2. The predicted molar refractivity (Wildman–Crippen MR) is 94.4 cm³/mol. The largest absolute Gasteiger partial charge is 0.435 e. The van der Waals surface area contributed by atoms with Crippen molar-refractivity contribution in [3.8, 4) is 11.6 Å². The van der Waals surface area contributed by atoms with E-state index in [1.165, 1.54) is 0 Å². The summed E-state index contributed by atoms with van der Waals surface area (Å²) in [6, 6.07) is 10.4. The number of anilines is 1. The van der Waals surface area contributed by atoms with Gasteiger partial charge in [-0.25, -0.2) is 5.10 Å². The molecule has 0 saturated heterocycles. The van der Waals surface area contributed by atoms with Crippen molar-refractivity contribution in [3.05, 3.63) is 57.3 Å². The number of aromatic amines is 1. The van der Waals surface area contributed by atoms with Crippen LogP contribution in [0.5, 0.6) is 11.6 Å². The number of benzene rings is 2. The van der Waals surface area contributed by atoms with Crippen LogP contribution >= 0.6 is 11.6 Å². The molecule has 120 valence electrons. The first-order valence-electron chi connectivity index (χ1n) is 7.27. The van der Waals surface area contributed by atoms with Crippen LogP contribution in [-0.2, 0) is 0 Å². The maximum absolute atomic E-state index is 11.7. The highest BCUT2D eigenvalue weighted by molar-refractivity contribution is 6.32. The van der Waals surface area contributed by atoms with Crippen molar-refractivity contribution in [2.75, 3.05) is 5.73 Å². The SMILES string of the molecule is CC.Cc1cc(N)cc(Cl)c1Oc1n[nH]c(=O)c2ccccc12. The van der Waals surface area contributed by atoms with Crippen LogP contribution in [0.1, 0.15) is 19.4 Å². The van der Waals surface area contributed by atoms with Crippen LogP contribution in [0.15, 0.2) is 41.2 Å². The van der Waals surface area contributed by atoms with Crippen molar-refractivity contribution < 1.29 is 4.74 Å². The van der Waals surface area contributed by atoms with Gasteiger partial charge in [0, 0.05) is 5.69 Å². The first-order chi connectivity index (χ1) is 11.1. The molecule has 1 aromatic heterocycles. The summed E-state index contributed by atoms with van der Waals surface area (Å²) >= 11 is 6.16. The molecule has 6 heteroatoms. The molecule has 0 fully saturated rings. The average molecular weight is 332 g/mol. The summed E-state index contributed by atoms with van der Waals surface area (Å²) in [5, 5.41) is 7.89. The number of halogens is 1. The van der Waals surface area contributed by atoms with E-state index >= 15 is 0 Å². The van der Waals surface area contributed by atoms with Gasteiger partial charge in [0.25, 0.3) is 5.56 Å². The fourth-order valence-electron chi connectivity index (χ4n) is 2.15. The summed E-state index contributed by atoms with van der Waals surface area (Å²) in [7, 11) is 0. The normalized spacial score (nSPS) is 10.1. The highest BCUT2D eigenvalue weighted by Crippen LogP contribution is 2.35. The lowest BCUT2D eigenvalue weighted by Gasteiger charge is -2.11. The van der Waals surface area contributed by atoms with Crippen LogP contribution < -0.4 is 16.0 Å². The second-order valence-electron chi connectivity index (χ2n) is 4.65. The molecule has 0 aliphatic rings. The molecule has 3 aromatic rings. The van der Waals surface area contributed by atoms with Gasteiger partial charge >= 0.3 is 0 Å². The van der Waals surface area contributed by atoms with Crippen molar-refractivity contribution in [2.24, 2.45) is 0 Å². The second kappa shape index (κ2) is 7.15. The Morgan fingerprint density at radius 1 is 1.17 bits per heavy atom. The third-order valence-corrected chi connectivity index (χ3v) is 3.39. The Balaban J connectivity index is 0.000000924. The van der Waals surface area contributed by atoms with Crippen LogP contribution in [0, 0.1) is 6.92 Å². The van der Waals surface area contributed by atoms with Gasteiger partial charge in [0.1, 0.15) is 0 Å². The third kappa shape index (κ3) is 3.46. The van der Waals surface area contributed by atoms with Gasteiger partial charge in [-0.1, -0.05) is 37.6 Å². The van der Waals surface area contributed by atoms with Crippen LogP contribution in [0.2, 0.25) is 5.02 Å². The highest BCUT2D eigenvalue weighted by Gasteiger charge is 2.12. The van der Waals surface area contributed by atoms with Crippen molar-refractivity contribution in [2.45, 2.75) is 20.8 Å². The van der Waals surface area contributed by atoms with Gasteiger partial charge in [-0.05, 0) is 36.8 Å². The van der Waals surface area contributed by atoms with E-state index in [0.29, 0.717) is 33.1 Å². The maximum Gasteiger partial charge on any atom is 0.272 e. The number of aryl methyl sites for hydroxylation is 1. The molecule has 0 aliphatic carbocycles. The predicted octanol–water partition coefficient (Wildman–Crippen LogP) is 4.29. The molecule has 0 unspecified atom stereocenters. The standard InChI is InChI=1S/C15H12ClN3O2.C2H6/c1-8-6-9(17)7-12(16)13(8)21-15-11-5-3-2-4-10(11)14(20)18-19-15;1-2/h2-7H,17H2,1H3,(H,18,20);1-2H3. The molecule has 0 aliphatic heterocycles. The zero-order valence-corrected chi connectivity index (χ0v) is 13.9. The average Bonchev–Trinajstić information content (AvgIpc) is 2.55. The first-order valence-corrected chi connectivity index (χ1v) is 7.65. The Morgan fingerprint density at radius 2 is 1.83 bits per heavy atom. The number of hydrogen-bond acceptors (Lipinski definition) is 4. The molecule has 0 atom stereocenters. The summed E-state index contributed by atoms with van der Waals surface area (Å²) in [5.41, 5.74) is 6.81. The van der Waals surface area contributed by atoms with Gasteiger partial charge in [-0.3, -0.25) is 4.79 Å². The van der Waals surface area contributed by atoms with Crippen molar-refractivity contribution >= 4 is 28.1 Å². The number of hydrogen-bond donors (Lipinski definition) is 2. The number of nitrogens with one attached hydrogen (secondary N) is 1. The van der Waals surface area contributed by atoms with Gasteiger partial charge in [0.15, 0.2) is 5.75 Å². The minimum atomic E-state index is -0.266. The Bertz CT molecular complexity index is 867. The van der Waals surface area contributed by atoms with Gasteiger partial charge in [0.05, 0.1) is 15.8 Å². The van der Waals surface area contributed by atoms with E-state index in [-0.39, 0.29) is 5.56 Å². The molecule has 0 amide bonds. The number of ether oxygens (including phenoxy) is 1. The number of fused-ring (bicyclic) bond motifs is 1. The van der Waals surface area contributed by atoms with Gasteiger partial charge in [-0.2, -0.15) is 0 Å². The fraction of sp³-hybridized carbons (Fsp3) is 0.176. The Morgan fingerprint density at radius 3 is 2.48 bits per heavy atom. The first kappa shape index (κ1) is 16.8. The van der Waals surface area contributed by atoms with E-state index in [2.05, 4.69) is 10.2 Å². The number of nitrogens with zero attached hydrogens (tertiary/aromatic N) is 1. The molecule has 5 nitrogen and oxygen atoms in total. The summed E-state index contributed by atoms with van der Waals surface area (Å²) < 4.78 is 5.79. The van der Waals surface area contributed by atoms with E-state index in [1.54, 1.807) is 30.3 Å². The molecule has 0 spiro atoms. The molecule has 1 heterocycles. The lowest BCUT2D eigenvalue weighted by Crippen LogP contribution is -2.09. The Hall–Kier alpha value is -2.53. The lowest BCUT2D eigenvalue weighted by atomic mass is 10.2. The molecule has 23 heavy (non-hydrogen) atoms. The minimum Gasteiger partial charge on any atom is -0.435 e. The second-order valence-corrected chi connectivity index (χ2v) is 5.06.